The minimum atomic E-state index is 0.104. The first-order valence-electron chi connectivity index (χ1n) is 20.8. The molecule has 0 aromatic heterocycles. The molecule has 0 saturated heterocycles. The number of aliphatic hydroxyl groups is 1. The topological polar surface area (TPSA) is 60.7 Å². The maximum atomic E-state index is 9.97. The maximum Gasteiger partial charge on any atom is 0.119 e. The fourth-order valence-electron chi connectivity index (χ4n) is 6.31. The number of phenols is 2. The molecule has 0 heterocycles. The number of aliphatic hydroxyl groups excluding tert-OH is 1. The van der Waals surface area contributed by atoms with E-state index < -0.39 is 0 Å². The molecule has 300 valence electrons. The van der Waals surface area contributed by atoms with Gasteiger partial charge in [-0.3, -0.25) is 0 Å². The molecule has 0 radical (unpaired) electrons. The van der Waals surface area contributed by atoms with Gasteiger partial charge in [0.05, 0.1) is 6.61 Å². The van der Waals surface area contributed by atoms with Crippen molar-refractivity contribution >= 4 is 0 Å². The molecule has 1 rings (SSSR count). The molecule has 54 heavy (non-hydrogen) atoms. The second-order valence-electron chi connectivity index (χ2n) is 16.0. The Morgan fingerprint density at radius 2 is 0.759 bits per heavy atom. The Balaban J connectivity index is 2.29. The third kappa shape index (κ3) is 26.3. The highest BCUT2D eigenvalue weighted by Gasteiger charge is 2.02. The molecule has 0 bridgehead atoms. The van der Waals surface area contributed by atoms with Crippen LogP contribution in [0.1, 0.15) is 171 Å². The molecular formula is C51H78O3. The van der Waals surface area contributed by atoms with Crippen molar-refractivity contribution in [3.63, 3.8) is 0 Å². The van der Waals surface area contributed by atoms with Gasteiger partial charge >= 0.3 is 0 Å². The number of benzene rings is 1. The molecule has 3 heteroatoms. The summed E-state index contributed by atoms with van der Waals surface area (Å²) in [6.45, 7) is 20.1. The van der Waals surface area contributed by atoms with Crippen LogP contribution in [0.4, 0.5) is 0 Å². The quantitative estimate of drug-likeness (QED) is 0.0622. The van der Waals surface area contributed by atoms with Crippen LogP contribution < -0.4 is 0 Å². The van der Waals surface area contributed by atoms with Crippen molar-refractivity contribution in [3.8, 4) is 11.5 Å². The normalized spacial score (nSPS) is 14.3. The summed E-state index contributed by atoms with van der Waals surface area (Å²) in [5, 5.41) is 29.5. The van der Waals surface area contributed by atoms with Gasteiger partial charge in [-0.1, -0.05) is 99.3 Å². The Morgan fingerprint density at radius 1 is 0.426 bits per heavy atom. The summed E-state index contributed by atoms with van der Waals surface area (Å²) in [5.41, 5.74) is 13.4. The van der Waals surface area contributed by atoms with Gasteiger partial charge in [0.15, 0.2) is 0 Å². The third-order valence-corrected chi connectivity index (χ3v) is 10.1. The van der Waals surface area contributed by atoms with Crippen LogP contribution in [0.15, 0.2) is 123 Å². The molecule has 0 aliphatic heterocycles. The number of hydrogen-bond donors (Lipinski definition) is 3. The monoisotopic (exact) mass is 739 g/mol. The summed E-state index contributed by atoms with van der Waals surface area (Å²) >= 11 is 0. The van der Waals surface area contributed by atoms with Gasteiger partial charge in [-0.2, -0.15) is 0 Å². The third-order valence-electron chi connectivity index (χ3n) is 10.1. The van der Waals surface area contributed by atoms with E-state index in [-0.39, 0.29) is 18.1 Å². The van der Waals surface area contributed by atoms with E-state index in [0.717, 1.165) is 101 Å². The number of rotatable bonds is 27. The molecule has 1 aromatic rings. The molecule has 3 nitrogen and oxygen atoms in total. The van der Waals surface area contributed by atoms with E-state index in [0.29, 0.717) is 6.42 Å². The molecule has 0 atom stereocenters. The van der Waals surface area contributed by atoms with Gasteiger partial charge in [-0.05, 0) is 195 Å². The van der Waals surface area contributed by atoms with Gasteiger partial charge in [0.2, 0.25) is 0 Å². The van der Waals surface area contributed by atoms with Crippen molar-refractivity contribution in [2.24, 2.45) is 0 Å². The summed E-state index contributed by atoms with van der Waals surface area (Å²) in [6, 6.07) is 4.62. The zero-order valence-corrected chi connectivity index (χ0v) is 36.0. The largest absolute Gasteiger partial charge is 0.508 e. The smallest absolute Gasteiger partial charge is 0.119 e. The van der Waals surface area contributed by atoms with Crippen LogP contribution in [0, 0.1) is 0 Å². The lowest BCUT2D eigenvalue weighted by molar-refractivity contribution is 0.326. The molecular weight excluding hydrogens is 661 g/mol. The summed E-state index contributed by atoms with van der Waals surface area (Å²) in [6.07, 6.45) is 39.0. The van der Waals surface area contributed by atoms with Crippen LogP contribution in [0.2, 0.25) is 0 Å². The predicted molar refractivity (Wildman–Crippen MR) is 238 cm³/mol. The van der Waals surface area contributed by atoms with E-state index in [1.165, 1.54) is 69.6 Å². The lowest BCUT2D eigenvalue weighted by Gasteiger charge is -2.06. The van der Waals surface area contributed by atoms with Crippen molar-refractivity contribution < 1.29 is 15.3 Å². The van der Waals surface area contributed by atoms with Crippen LogP contribution in [0.3, 0.4) is 0 Å². The zero-order chi connectivity index (χ0) is 40.1. The summed E-state index contributed by atoms with van der Waals surface area (Å²) in [7, 11) is 0. The van der Waals surface area contributed by atoms with Crippen LogP contribution in [-0.2, 0) is 6.42 Å². The Bertz CT molecular complexity index is 1510. The standard InChI is InChI=1S/C51H78O3/c1-40(2)18-10-19-41(3)20-11-21-42(4)22-12-23-43(5)24-13-25-44(6)26-14-27-45(7)28-15-29-46(8)30-16-32-48(39-52)33-17-31-47(9)34-35-49-38-50(53)36-37-51(49)54/h18,20,22,24,26,28,30,33-34,36-38,52-54H,10-17,19,21,23,25,27,29,31-32,35,39H2,1-9H3/b41-20+,42-22+,43-24+,44-26+,45-28+,46-30+,47-34+,48-33+. The van der Waals surface area contributed by atoms with E-state index in [1.807, 2.05) is 0 Å². The van der Waals surface area contributed by atoms with Crippen molar-refractivity contribution in [2.45, 2.75) is 171 Å². The summed E-state index contributed by atoms with van der Waals surface area (Å²) in [4.78, 5) is 0. The number of allylic oxidation sites excluding steroid dienone is 17. The fraction of sp³-hybridized carbons (Fsp3) is 0.529. The second-order valence-corrected chi connectivity index (χ2v) is 16.0. The molecule has 1 aromatic carbocycles. The van der Waals surface area contributed by atoms with Gasteiger partial charge < -0.3 is 15.3 Å². The first-order valence-corrected chi connectivity index (χ1v) is 20.8. The molecule has 0 amide bonds. The molecule has 0 aliphatic carbocycles. The van der Waals surface area contributed by atoms with Gasteiger partial charge in [0, 0.05) is 5.56 Å². The minimum absolute atomic E-state index is 0.104. The highest BCUT2D eigenvalue weighted by molar-refractivity contribution is 5.40. The molecule has 0 unspecified atom stereocenters. The first-order chi connectivity index (χ1) is 25.8. The fourth-order valence-corrected chi connectivity index (χ4v) is 6.31. The van der Waals surface area contributed by atoms with E-state index in [9.17, 15) is 15.3 Å². The first kappa shape index (κ1) is 48.5. The lowest BCUT2D eigenvalue weighted by atomic mass is 10.0. The minimum Gasteiger partial charge on any atom is -0.508 e. The van der Waals surface area contributed by atoms with Crippen LogP contribution >= 0.6 is 0 Å². The SMILES string of the molecule is CC(C)=CCC/C(C)=C/CC/C(C)=C/CC/C(C)=C/CC/C(C)=C/CC/C(C)=C/CC/C(C)=C/CC/C(=C\CC/C(C)=C/Cc1cc(O)ccc1O)CO. The van der Waals surface area contributed by atoms with Crippen LogP contribution in [0.5, 0.6) is 11.5 Å². The van der Waals surface area contributed by atoms with Crippen molar-refractivity contribution in [3.05, 3.63) is 129 Å². The lowest BCUT2D eigenvalue weighted by Crippen LogP contribution is -1.91. The number of aromatic hydroxyl groups is 2. The highest BCUT2D eigenvalue weighted by Crippen LogP contribution is 2.24. The summed E-state index contributed by atoms with van der Waals surface area (Å²) < 4.78 is 0. The molecule has 3 N–H and O–H groups in total. The van der Waals surface area contributed by atoms with Crippen LogP contribution in [-0.4, -0.2) is 21.9 Å². The van der Waals surface area contributed by atoms with Gasteiger partial charge in [0.25, 0.3) is 0 Å². The van der Waals surface area contributed by atoms with Gasteiger partial charge in [-0.25, -0.2) is 0 Å². The highest BCUT2D eigenvalue weighted by atomic mass is 16.3. The van der Waals surface area contributed by atoms with Crippen molar-refractivity contribution in [1.29, 1.82) is 0 Å². The summed E-state index contributed by atoms with van der Waals surface area (Å²) in [5.74, 6) is 0.372. The molecule has 0 saturated carbocycles. The average Bonchev–Trinajstić information content (AvgIpc) is 3.11. The van der Waals surface area contributed by atoms with E-state index in [4.69, 9.17) is 0 Å². The van der Waals surface area contributed by atoms with Gasteiger partial charge in [0.1, 0.15) is 11.5 Å². The molecule has 0 aliphatic rings. The molecule has 0 fully saturated rings. The Labute approximate surface area is 332 Å². The van der Waals surface area contributed by atoms with Crippen molar-refractivity contribution in [2.75, 3.05) is 6.61 Å². The number of phenolic OH excluding ortho intramolecular Hbond substituents is 2. The predicted octanol–water partition coefficient (Wildman–Crippen LogP) is 15.4. The Kier molecular flexibility index (Phi) is 26.7. The van der Waals surface area contributed by atoms with Gasteiger partial charge in [-0.15, -0.1) is 0 Å². The maximum absolute atomic E-state index is 9.97. The Hall–Kier alpha value is -3.56. The molecule has 0 spiro atoms. The average molecular weight is 739 g/mol. The van der Waals surface area contributed by atoms with E-state index in [2.05, 4.69) is 117 Å². The van der Waals surface area contributed by atoms with E-state index in [1.54, 1.807) is 6.07 Å². The Morgan fingerprint density at radius 3 is 1.13 bits per heavy atom. The second kappa shape index (κ2) is 29.8. The zero-order valence-electron chi connectivity index (χ0n) is 36.0. The van der Waals surface area contributed by atoms with Crippen LogP contribution in [0.25, 0.3) is 0 Å². The number of hydrogen-bond acceptors (Lipinski definition) is 3. The van der Waals surface area contributed by atoms with Crippen molar-refractivity contribution in [1.82, 2.24) is 0 Å². The van der Waals surface area contributed by atoms with E-state index >= 15 is 0 Å².